The maximum absolute atomic E-state index is 11.5. The number of carbonyl (C=O) groups is 1. The number of alkyl halides is 1. The summed E-state index contributed by atoms with van der Waals surface area (Å²) in [6, 6.07) is 0. The minimum absolute atomic E-state index is 0.418. The fourth-order valence-electron chi connectivity index (χ4n) is 0.682. The first-order valence-corrected chi connectivity index (χ1v) is 4.69. The highest BCUT2D eigenvalue weighted by Gasteiger charge is 2.36. The summed E-state index contributed by atoms with van der Waals surface area (Å²) in [5.74, 6) is -0.946. The number of esters is 1. The first kappa shape index (κ1) is 10.4. The fourth-order valence-corrected chi connectivity index (χ4v) is 1.45. The van der Waals surface area contributed by atoms with Crippen molar-refractivity contribution in [1.29, 1.82) is 0 Å². The van der Waals surface area contributed by atoms with Crippen molar-refractivity contribution in [2.45, 2.75) is 6.10 Å². The van der Waals surface area contributed by atoms with Gasteiger partial charge in [-0.25, -0.2) is 17.6 Å². The van der Waals surface area contributed by atoms with Gasteiger partial charge in [0, 0.05) is 0 Å². The van der Waals surface area contributed by atoms with Crippen LogP contribution in [-0.2, 0) is 28.3 Å². The van der Waals surface area contributed by atoms with E-state index < -0.39 is 42.4 Å². The summed E-state index contributed by atoms with van der Waals surface area (Å²) in [6.07, 6.45) is -1.31. The molecule has 6 nitrogen and oxygen atoms in total. The topological polar surface area (TPSA) is 78.9 Å². The Morgan fingerprint density at radius 2 is 2.31 bits per heavy atom. The van der Waals surface area contributed by atoms with Crippen LogP contribution in [0.1, 0.15) is 0 Å². The van der Waals surface area contributed by atoms with Crippen LogP contribution < -0.4 is 0 Å². The largest absolute Gasteiger partial charge is 0.461 e. The minimum Gasteiger partial charge on any atom is -0.461 e. The Bertz CT molecular complexity index is 285. The molecule has 0 bridgehead atoms. The van der Waals surface area contributed by atoms with Gasteiger partial charge in [0.1, 0.15) is 19.9 Å². The average molecular weight is 214 g/mol. The highest BCUT2D eigenvalue weighted by Crippen LogP contribution is 2.13. The predicted molar refractivity (Wildman–Crippen MR) is 36.7 cm³/mol. The summed E-state index contributed by atoms with van der Waals surface area (Å²) in [5.41, 5.74) is 0. The normalized spacial score (nSPS) is 25.8. The SMILES string of the molecule is O=C(OCCF)C1COS(=O)(=O)O1. The van der Waals surface area contributed by atoms with E-state index in [1.165, 1.54) is 0 Å². The lowest BCUT2D eigenvalue weighted by molar-refractivity contribution is -0.151. The zero-order chi connectivity index (χ0) is 9.90. The van der Waals surface area contributed by atoms with Crippen LogP contribution in [0.4, 0.5) is 4.39 Å². The summed E-state index contributed by atoms with van der Waals surface area (Å²) in [4.78, 5) is 10.8. The highest BCUT2D eigenvalue weighted by molar-refractivity contribution is 7.82. The molecule has 1 saturated heterocycles. The molecular formula is C5H7FO6S. The zero-order valence-electron chi connectivity index (χ0n) is 6.43. The molecule has 13 heavy (non-hydrogen) atoms. The first-order chi connectivity index (χ1) is 6.05. The summed E-state index contributed by atoms with van der Waals surface area (Å²) >= 11 is 0. The van der Waals surface area contributed by atoms with Crippen LogP contribution in [-0.4, -0.2) is 40.4 Å². The summed E-state index contributed by atoms with van der Waals surface area (Å²) < 4.78 is 45.1. The van der Waals surface area contributed by atoms with Gasteiger partial charge < -0.3 is 4.74 Å². The number of rotatable bonds is 3. The Morgan fingerprint density at radius 1 is 1.62 bits per heavy atom. The first-order valence-electron chi connectivity index (χ1n) is 3.35. The van der Waals surface area contributed by atoms with Gasteiger partial charge in [0.25, 0.3) is 0 Å². The molecule has 0 radical (unpaired) electrons. The lowest BCUT2D eigenvalue weighted by Crippen LogP contribution is -2.26. The Hall–Kier alpha value is -0.730. The molecule has 0 aliphatic carbocycles. The highest BCUT2D eigenvalue weighted by atomic mass is 32.3. The molecule has 0 N–H and O–H groups in total. The number of hydrogen-bond donors (Lipinski definition) is 0. The van der Waals surface area contributed by atoms with Crippen LogP contribution in [0.5, 0.6) is 0 Å². The second-order valence-corrected chi connectivity index (χ2v) is 3.38. The smallest absolute Gasteiger partial charge is 0.400 e. The third kappa shape index (κ3) is 2.90. The number of carbonyl (C=O) groups excluding carboxylic acids is 1. The van der Waals surface area contributed by atoms with Gasteiger partial charge in [0.15, 0.2) is 0 Å². The Kier molecular flexibility index (Phi) is 3.17. The lowest BCUT2D eigenvalue weighted by Gasteiger charge is -2.04. The third-order valence-electron chi connectivity index (χ3n) is 1.18. The van der Waals surface area contributed by atoms with Gasteiger partial charge in [-0.15, -0.1) is 0 Å². The van der Waals surface area contributed by atoms with E-state index in [1.54, 1.807) is 0 Å². The molecule has 0 aromatic rings. The van der Waals surface area contributed by atoms with E-state index in [9.17, 15) is 17.6 Å². The monoisotopic (exact) mass is 214 g/mol. The molecular weight excluding hydrogens is 207 g/mol. The predicted octanol–water partition coefficient (Wildman–Crippen LogP) is -0.841. The van der Waals surface area contributed by atoms with Gasteiger partial charge in [-0.05, 0) is 0 Å². The Labute approximate surface area is 73.9 Å². The second kappa shape index (κ2) is 3.99. The molecule has 1 fully saturated rings. The number of halogens is 1. The van der Waals surface area contributed by atoms with E-state index >= 15 is 0 Å². The molecule has 1 aliphatic heterocycles. The summed E-state index contributed by atoms with van der Waals surface area (Å²) in [7, 11) is -4.06. The van der Waals surface area contributed by atoms with E-state index in [1.807, 2.05) is 0 Å². The van der Waals surface area contributed by atoms with Crippen molar-refractivity contribution in [3.8, 4) is 0 Å². The zero-order valence-corrected chi connectivity index (χ0v) is 7.25. The van der Waals surface area contributed by atoms with Gasteiger partial charge in [0.2, 0.25) is 6.10 Å². The van der Waals surface area contributed by atoms with Crippen LogP contribution in [0.2, 0.25) is 0 Å². The molecule has 1 aliphatic rings. The van der Waals surface area contributed by atoms with Crippen molar-refractivity contribution >= 4 is 16.4 Å². The van der Waals surface area contributed by atoms with Crippen LogP contribution >= 0.6 is 0 Å². The van der Waals surface area contributed by atoms with Crippen molar-refractivity contribution in [3.63, 3.8) is 0 Å². The average Bonchev–Trinajstić information content (AvgIpc) is 2.42. The van der Waals surface area contributed by atoms with Crippen LogP contribution in [0.25, 0.3) is 0 Å². The van der Waals surface area contributed by atoms with Crippen molar-refractivity contribution in [3.05, 3.63) is 0 Å². The lowest BCUT2D eigenvalue weighted by atomic mass is 10.4. The molecule has 0 aromatic carbocycles. The van der Waals surface area contributed by atoms with E-state index in [2.05, 4.69) is 13.1 Å². The third-order valence-corrected chi connectivity index (χ3v) is 2.07. The van der Waals surface area contributed by atoms with Crippen LogP contribution in [0.15, 0.2) is 0 Å². The number of ether oxygens (including phenoxy) is 1. The number of hydrogen-bond acceptors (Lipinski definition) is 6. The van der Waals surface area contributed by atoms with Crippen molar-refractivity contribution in [2.24, 2.45) is 0 Å². The minimum atomic E-state index is -4.06. The second-order valence-electron chi connectivity index (χ2n) is 2.13. The molecule has 1 unspecified atom stereocenters. The molecule has 0 spiro atoms. The maximum atomic E-state index is 11.5. The van der Waals surface area contributed by atoms with Gasteiger partial charge >= 0.3 is 16.4 Å². The van der Waals surface area contributed by atoms with E-state index in [4.69, 9.17) is 0 Å². The van der Waals surface area contributed by atoms with Gasteiger partial charge in [0.05, 0.1) is 0 Å². The van der Waals surface area contributed by atoms with Gasteiger partial charge in [-0.2, -0.15) is 8.42 Å². The van der Waals surface area contributed by atoms with E-state index in [0.717, 1.165) is 0 Å². The molecule has 0 saturated carbocycles. The molecule has 1 rings (SSSR count). The van der Waals surface area contributed by atoms with Gasteiger partial charge in [-0.1, -0.05) is 0 Å². The summed E-state index contributed by atoms with van der Waals surface area (Å²) in [6.45, 7) is -1.67. The van der Waals surface area contributed by atoms with Gasteiger partial charge in [-0.3, -0.25) is 0 Å². The maximum Gasteiger partial charge on any atom is 0.400 e. The molecule has 0 amide bonds. The van der Waals surface area contributed by atoms with Crippen molar-refractivity contribution in [1.82, 2.24) is 0 Å². The molecule has 1 heterocycles. The standard InChI is InChI=1S/C5H7FO6S/c6-1-2-10-5(7)4-3-11-13(8,9)12-4/h4H,1-3H2. The molecule has 8 heteroatoms. The molecule has 1 atom stereocenters. The Balaban J connectivity index is 2.42. The van der Waals surface area contributed by atoms with Crippen molar-refractivity contribution in [2.75, 3.05) is 19.9 Å². The Morgan fingerprint density at radius 3 is 2.77 bits per heavy atom. The summed E-state index contributed by atoms with van der Waals surface area (Å²) in [5, 5.41) is 0. The molecule has 76 valence electrons. The van der Waals surface area contributed by atoms with Crippen LogP contribution in [0, 0.1) is 0 Å². The fraction of sp³-hybridized carbons (Fsp3) is 0.800. The van der Waals surface area contributed by atoms with Crippen molar-refractivity contribution < 1.29 is 30.7 Å². The van der Waals surface area contributed by atoms with E-state index in [0.29, 0.717) is 0 Å². The molecule has 0 aromatic heterocycles. The van der Waals surface area contributed by atoms with E-state index in [-0.39, 0.29) is 0 Å². The van der Waals surface area contributed by atoms with Crippen LogP contribution in [0.3, 0.4) is 0 Å². The quantitative estimate of drug-likeness (QED) is 0.570.